The third kappa shape index (κ3) is 2.73. The summed E-state index contributed by atoms with van der Waals surface area (Å²) in [5.74, 6) is 1.68. The van der Waals surface area contributed by atoms with Crippen LogP contribution in [0.25, 0.3) is 11.5 Å². The van der Waals surface area contributed by atoms with Gasteiger partial charge < -0.3 is 9.73 Å². The molecule has 1 N–H and O–H groups in total. The van der Waals surface area contributed by atoms with E-state index in [2.05, 4.69) is 27.5 Å². The summed E-state index contributed by atoms with van der Waals surface area (Å²) in [5.41, 5.74) is 2.14. The van der Waals surface area contributed by atoms with E-state index in [9.17, 15) is 0 Å². The van der Waals surface area contributed by atoms with Gasteiger partial charge in [-0.3, -0.25) is 4.90 Å². The number of oxazole rings is 1. The summed E-state index contributed by atoms with van der Waals surface area (Å²) in [6, 6.07) is 2.60. The van der Waals surface area contributed by atoms with Gasteiger partial charge in [0.25, 0.3) is 0 Å². The molecule has 19 heavy (non-hydrogen) atoms. The highest BCUT2D eigenvalue weighted by atomic mass is 32.1. The lowest BCUT2D eigenvalue weighted by Gasteiger charge is -2.33. The molecule has 1 aliphatic heterocycles. The molecular formula is C14H19N3OS. The van der Waals surface area contributed by atoms with Crippen molar-refractivity contribution < 1.29 is 4.42 Å². The molecule has 0 amide bonds. The zero-order valence-corrected chi connectivity index (χ0v) is 12.2. The van der Waals surface area contributed by atoms with E-state index in [0.717, 1.165) is 49.1 Å². The van der Waals surface area contributed by atoms with Crippen LogP contribution < -0.4 is 5.32 Å². The first-order valence-corrected chi connectivity index (χ1v) is 7.62. The lowest BCUT2D eigenvalue weighted by atomic mass is 10.2. The van der Waals surface area contributed by atoms with Crippen molar-refractivity contribution in [3.8, 4) is 11.5 Å². The molecule has 1 saturated heterocycles. The predicted molar refractivity (Wildman–Crippen MR) is 77.3 cm³/mol. The highest BCUT2D eigenvalue weighted by molar-refractivity contribution is 7.08. The second-order valence-electron chi connectivity index (χ2n) is 5.06. The van der Waals surface area contributed by atoms with Gasteiger partial charge in [-0.1, -0.05) is 0 Å². The summed E-state index contributed by atoms with van der Waals surface area (Å²) >= 11 is 1.67. The summed E-state index contributed by atoms with van der Waals surface area (Å²) in [7, 11) is 0. The van der Waals surface area contributed by atoms with Crippen molar-refractivity contribution in [1.82, 2.24) is 15.2 Å². The third-order valence-corrected chi connectivity index (χ3v) is 4.34. The van der Waals surface area contributed by atoms with Crippen LogP contribution >= 0.6 is 11.3 Å². The van der Waals surface area contributed by atoms with Crippen LogP contribution in [-0.4, -0.2) is 35.6 Å². The zero-order valence-electron chi connectivity index (χ0n) is 11.3. The number of nitrogens with zero attached hydrogens (tertiary/aromatic N) is 2. The molecule has 1 atom stereocenters. The van der Waals surface area contributed by atoms with E-state index in [1.165, 1.54) is 0 Å². The van der Waals surface area contributed by atoms with Gasteiger partial charge in [0, 0.05) is 43.2 Å². The van der Waals surface area contributed by atoms with Gasteiger partial charge in [0.2, 0.25) is 5.89 Å². The molecule has 3 heterocycles. The van der Waals surface area contributed by atoms with Crippen LogP contribution in [-0.2, 0) is 6.54 Å². The van der Waals surface area contributed by atoms with Gasteiger partial charge in [-0.15, -0.1) is 0 Å². The van der Waals surface area contributed by atoms with Crippen molar-refractivity contribution in [3.05, 3.63) is 28.3 Å². The molecule has 4 nitrogen and oxygen atoms in total. The molecule has 0 saturated carbocycles. The van der Waals surface area contributed by atoms with Gasteiger partial charge >= 0.3 is 0 Å². The minimum absolute atomic E-state index is 0.550. The quantitative estimate of drug-likeness (QED) is 0.936. The van der Waals surface area contributed by atoms with Crippen LogP contribution in [0.5, 0.6) is 0 Å². The van der Waals surface area contributed by atoms with Gasteiger partial charge in [-0.2, -0.15) is 11.3 Å². The molecule has 1 fully saturated rings. The normalized spacial score (nSPS) is 20.8. The van der Waals surface area contributed by atoms with Crippen molar-refractivity contribution in [3.63, 3.8) is 0 Å². The van der Waals surface area contributed by atoms with Crippen LogP contribution in [0.3, 0.4) is 0 Å². The maximum absolute atomic E-state index is 5.79. The predicted octanol–water partition coefficient (Wildman–Crippen LogP) is 2.51. The number of hydrogen-bond donors (Lipinski definition) is 1. The minimum atomic E-state index is 0.550. The van der Waals surface area contributed by atoms with Crippen molar-refractivity contribution in [2.75, 3.05) is 19.6 Å². The highest BCUT2D eigenvalue weighted by Gasteiger charge is 2.21. The number of thiophene rings is 1. The van der Waals surface area contributed by atoms with Crippen LogP contribution in [0.1, 0.15) is 18.4 Å². The van der Waals surface area contributed by atoms with E-state index in [0.29, 0.717) is 6.04 Å². The fourth-order valence-electron chi connectivity index (χ4n) is 2.39. The zero-order chi connectivity index (χ0) is 13.2. The van der Waals surface area contributed by atoms with E-state index >= 15 is 0 Å². The molecule has 2 aromatic rings. The second kappa shape index (κ2) is 5.45. The van der Waals surface area contributed by atoms with Crippen LogP contribution in [0.15, 0.2) is 21.2 Å². The maximum atomic E-state index is 5.79. The lowest BCUT2D eigenvalue weighted by Crippen LogP contribution is -2.49. The third-order valence-electron chi connectivity index (χ3n) is 3.65. The average Bonchev–Trinajstić information content (AvgIpc) is 3.02. The molecule has 0 aromatic carbocycles. The van der Waals surface area contributed by atoms with Crippen LogP contribution in [0.4, 0.5) is 0 Å². The molecule has 1 aliphatic rings. The second-order valence-corrected chi connectivity index (χ2v) is 5.84. The molecule has 0 radical (unpaired) electrons. The van der Waals surface area contributed by atoms with Crippen molar-refractivity contribution >= 4 is 11.3 Å². The Morgan fingerprint density at radius 2 is 2.47 bits per heavy atom. The Morgan fingerprint density at radius 3 is 3.21 bits per heavy atom. The van der Waals surface area contributed by atoms with E-state index in [4.69, 9.17) is 4.42 Å². The van der Waals surface area contributed by atoms with E-state index in [1.807, 2.05) is 18.4 Å². The number of hydrogen-bond acceptors (Lipinski definition) is 5. The minimum Gasteiger partial charge on any atom is -0.441 e. The Kier molecular flexibility index (Phi) is 3.68. The summed E-state index contributed by atoms with van der Waals surface area (Å²) in [5, 5.41) is 7.53. The van der Waals surface area contributed by atoms with Gasteiger partial charge in [0.1, 0.15) is 5.76 Å². The molecule has 5 heteroatoms. The number of rotatable bonds is 3. The Morgan fingerprint density at radius 1 is 1.58 bits per heavy atom. The first-order valence-electron chi connectivity index (χ1n) is 6.67. The SMILES string of the molecule is Cc1oc(-c2ccsc2)nc1CN1CCNC[C@H]1C. The van der Waals surface area contributed by atoms with Gasteiger partial charge in [-0.25, -0.2) is 4.98 Å². The number of aromatic nitrogens is 1. The fourth-order valence-corrected chi connectivity index (χ4v) is 3.02. The maximum Gasteiger partial charge on any atom is 0.227 e. The fraction of sp³-hybridized carbons (Fsp3) is 0.500. The van der Waals surface area contributed by atoms with Crippen molar-refractivity contribution in [2.45, 2.75) is 26.4 Å². The number of aryl methyl sites for hydroxylation is 1. The Labute approximate surface area is 117 Å². The largest absolute Gasteiger partial charge is 0.441 e. The molecule has 0 aliphatic carbocycles. The van der Waals surface area contributed by atoms with Crippen molar-refractivity contribution in [2.24, 2.45) is 0 Å². The van der Waals surface area contributed by atoms with Crippen molar-refractivity contribution in [1.29, 1.82) is 0 Å². The first-order chi connectivity index (χ1) is 9.24. The van der Waals surface area contributed by atoms with E-state index < -0.39 is 0 Å². The molecule has 3 rings (SSSR count). The van der Waals surface area contributed by atoms with Gasteiger partial charge in [0.05, 0.1) is 5.69 Å². The molecule has 0 unspecified atom stereocenters. The Hall–Kier alpha value is -1.17. The lowest BCUT2D eigenvalue weighted by molar-refractivity contribution is 0.163. The van der Waals surface area contributed by atoms with Gasteiger partial charge in [0.15, 0.2) is 0 Å². The summed E-state index contributed by atoms with van der Waals surface area (Å²) < 4.78 is 5.79. The molecule has 2 aromatic heterocycles. The number of nitrogens with one attached hydrogen (secondary N) is 1. The molecule has 102 valence electrons. The van der Waals surface area contributed by atoms with Crippen LogP contribution in [0, 0.1) is 6.92 Å². The summed E-state index contributed by atoms with van der Waals surface area (Å²) in [4.78, 5) is 7.12. The topological polar surface area (TPSA) is 41.3 Å². The monoisotopic (exact) mass is 277 g/mol. The molecule has 0 spiro atoms. The van der Waals surface area contributed by atoms with Gasteiger partial charge in [-0.05, 0) is 25.3 Å². The summed E-state index contributed by atoms with van der Waals surface area (Å²) in [6.45, 7) is 8.31. The van der Waals surface area contributed by atoms with Crippen LogP contribution in [0.2, 0.25) is 0 Å². The highest BCUT2D eigenvalue weighted by Crippen LogP contribution is 2.24. The molecular weight excluding hydrogens is 258 g/mol. The Bertz CT molecular complexity index is 535. The summed E-state index contributed by atoms with van der Waals surface area (Å²) in [6.07, 6.45) is 0. The number of piperazine rings is 1. The van der Waals surface area contributed by atoms with E-state index in [1.54, 1.807) is 11.3 Å². The Balaban J connectivity index is 1.78. The smallest absolute Gasteiger partial charge is 0.227 e. The molecule has 0 bridgehead atoms. The first kappa shape index (κ1) is 12.8. The average molecular weight is 277 g/mol. The van der Waals surface area contributed by atoms with E-state index in [-0.39, 0.29) is 0 Å². The standard InChI is InChI=1S/C14H19N3OS/c1-10-7-15-4-5-17(10)8-13-11(2)18-14(16-13)12-3-6-19-9-12/h3,6,9-10,15H,4-5,7-8H2,1-2H3/t10-/m1/s1.